The number of ether oxygens (including phenoxy) is 4. The van der Waals surface area contributed by atoms with E-state index in [0.717, 1.165) is 0 Å². The molecule has 1 saturated carbocycles. The third-order valence-corrected chi connectivity index (χ3v) is 7.83. The van der Waals surface area contributed by atoms with Gasteiger partial charge in [0.1, 0.15) is 36.4 Å². The maximum Gasteiger partial charge on any atom is 0.184 e. The molecule has 12 N–H and O–H groups in total. The highest BCUT2D eigenvalue weighted by Gasteiger charge is 2.51. The van der Waals surface area contributed by atoms with Crippen molar-refractivity contribution in [3.05, 3.63) is 0 Å². The Kier molecular flexibility index (Phi) is 11.3. The smallest absolute Gasteiger partial charge is 0.184 e. The SMILES string of the molecule is CC(O)C(=N)N[C@@H]1C[C@H](N)C(O[C@H]2O[C@H](CNCCO)CCC2N)C(O)C1O[C@H]1OCC(C)(O)[C@H](C)C1O. The first-order valence-corrected chi connectivity index (χ1v) is 13.4. The van der Waals surface area contributed by atoms with E-state index in [0.29, 0.717) is 25.9 Å². The van der Waals surface area contributed by atoms with Crippen molar-refractivity contribution in [1.82, 2.24) is 10.6 Å². The Morgan fingerprint density at radius 3 is 2.47 bits per heavy atom. The lowest BCUT2D eigenvalue weighted by Crippen LogP contribution is -2.67. The minimum Gasteiger partial charge on any atom is -0.395 e. The topological polar surface area (TPSA) is 238 Å². The summed E-state index contributed by atoms with van der Waals surface area (Å²) in [4.78, 5) is 0. The van der Waals surface area contributed by atoms with Crippen LogP contribution in [0.15, 0.2) is 0 Å². The molecule has 3 fully saturated rings. The number of hydrogen-bond donors (Lipinski definition) is 10. The zero-order valence-electron chi connectivity index (χ0n) is 22.4. The van der Waals surface area contributed by atoms with E-state index < -0.39 is 72.7 Å². The monoisotopic (exact) mass is 549 g/mol. The van der Waals surface area contributed by atoms with Gasteiger partial charge in [-0.15, -0.1) is 0 Å². The third kappa shape index (κ3) is 7.59. The number of amidine groups is 1. The minimum absolute atomic E-state index is 0.00806. The molecule has 13 atom stereocenters. The van der Waals surface area contributed by atoms with E-state index >= 15 is 0 Å². The molecule has 2 heterocycles. The van der Waals surface area contributed by atoms with Crippen molar-refractivity contribution in [1.29, 1.82) is 5.41 Å². The third-order valence-electron chi connectivity index (χ3n) is 7.83. The normalized spacial score (nSPS) is 44.9. The van der Waals surface area contributed by atoms with Gasteiger partial charge in [-0.1, -0.05) is 6.92 Å². The molecule has 222 valence electrons. The molecule has 0 bridgehead atoms. The molecule has 3 aliphatic rings. The van der Waals surface area contributed by atoms with Gasteiger partial charge in [0.25, 0.3) is 0 Å². The maximum absolute atomic E-state index is 11.4. The fourth-order valence-electron chi connectivity index (χ4n) is 5.07. The van der Waals surface area contributed by atoms with Crippen LogP contribution in [0.4, 0.5) is 0 Å². The average molecular weight is 550 g/mol. The molecule has 0 aromatic heterocycles. The second-order valence-electron chi connectivity index (χ2n) is 11.0. The van der Waals surface area contributed by atoms with Crippen molar-refractivity contribution in [2.24, 2.45) is 17.4 Å². The first kappa shape index (κ1) is 31.5. The molecule has 3 rings (SSSR count). The number of nitrogens with one attached hydrogen (secondary N) is 3. The predicted molar refractivity (Wildman–Crippen MR) is 136 cm³/mol. The Balaban J connectivity index is 1.75. The molecule has 0 aromatic carbocycles. The van der Waals surface area contributed by atoms with Crippen molar-refractivity contribution in [3.63, 3.8) is 0 Å². The Hall–Kier alpha value is -1.01. The van der Waals surface area contributed by atoms with Crippen molar-refractivity contribution in [2.75, 3.05) is 26.3 Å². The first-order chi connectivity index (χ1) is 17.9. The van der Waals surface area contributed by atoms with Crippen LogP contribution in [-0.2, 0) is 18.9 Å². The molecule has 0 aromatic rings. The fourth-order valence-corrected chi connectivity index (χ4v) is 5.07. The van der Waals surface area contributed by atoms with E-state index in [-0.39, 0.29) is 31.6 Å². The summed E-state index contributed by atoms with van der Waals surface area (Å²) in [5.74, 6) is -0.761. The van der Waals surface area contributed by atoms with Gasteiger partial charge in [-0.05, 0) is 33.1 Å². The first-order valence-electron chi connectivity index (χ1n) is 13.4. The highest BCUT2D eigenvalue weighted by Crippen LogP contribution is 2.34. The van der Waals surface area contributed by atoms with Crippen molar-refractivity contribution in [2.45, 2.75) is 113 Å². The fraction of sp³-hybridized carbons (Fsp3) is 0.958. The van der Waals surface area contributed by atoms with Crippen LogP contribution < -0.4 is 22.1 Å². The minimum atomic E-state index is -1.34. The molecule has 38 heavy (non-hydrogen) atoms. The lowest BCUT2D eigenvalue weighted by Gasteiger charge is -2.49. The zero-order chi connectivity index (χ0) is 28.2. The van der Waals surface area contributed by atoms with Gasteiger partial charge in [0.2, 0.25) is 0 Å². The molecule has 2 aliphatic heterocycles. The lowest BCUT2D eigenvalue weighted by molar-refractivity contribution is -0.313. The summed E-state index contributed by atoms with van der Waals surface area (Å²) < 4.78 is 23.9. The van der Waals surface area contributed by atoms with Crippen LogP contribution >= 0.6 is 0 Å². The Bertz CT molecular complexity index is 763. The molecule has 14 nitrogen and oxygen atoms in total. The van der Waals surface area contributed by atoms with Gasteiger partial charge in [0.15, 0.2) is 12.6 Å². The van der Waals surface area contributed by atoms with Gasteiger partial charge in [0.05, 0.1) is 37.0 Å². The number of rotatable bonds is 10. The average Bonchev–Trinajstić information content (AvgIpc) is 2.85. The molecular formula is C24H47N5O9. The maximum atomic E-state index is 11.4. The Morgan fingerprint density at radius 1 is 1.13 bits per heavy atom. The van der Waals surface area contributed by atoms with Gasteiger partial charge in [-0.2, -0.15) is 0 Å². The predicted octanol–water partition coefficient (Wildman–Crippen LogP) is -3.32. The van der Waals surface area contributed by atoms with E-state index in [2.05, 4.69) is 10.6 Å². The van der Waals surface area contributed by atoms with Crippen LogP contribution in [-0.4, -0.2) is 131 Å². The van der Waals surface area contributed by atoms with Crippen LogP contribution in [0.3, 0.4) is 0 Å². The number of nitrogens with two attached hydrogens (primary N) is 2. The van der Waals surface area contributed by atoms with Crippen LogP contribution in [0.25, 0.3) is 0 Å². The molecular weight excluding hydrogens is 502 g/mol. The van der Waals surface area contributed by atoms with Gasteiger partial charge < -0.3 is 66.6 Å². The molecule has 7 unspecified atom stereocenters. The van der Waals surface area contributed by atoms with Crippen molar-refractivity contribution in [3.8, 4) is 0 Å². The quantitative estimate of drug-likeness (QED) is 0.0730. The van der Waals surface area contributed by atoms with E-state index in [9.17, 15) is 20.4 Å². The molecule has 0 spiro atoms. The summed E-state index contributed by atoms with van der Waals surface area (Å²) in [7, 11) is 0. The van der Waals surface area contributed by atoms with Gasteiger partial charge in [-0.3, -0.25) is 5.41 Å². The highest BCUT2D eigenvalue weighted by molar-refractivity contribution is 5.83. The zero-order valence-corrected chi connectivity index (χ0v) is 22.4. The summed E-state index contributed by atoms with van der Waals surface area (Å²) in [6.45, 7) is 5.52. The molecule has 0 radical (unpaired) electrons. The van der Waals surface area contributed by atoms with Gasteiger partial charge in [-0.25, -0.2) is 0 Å². The lowest BCUT2D eigenvalue weighted by atomic mass is 9.82. The van der Waals surface area contributed by atoms with Crippen LogP contribution in [0, 0.1) is 11.3 Å². The van der Waals surface area contributed by atoms with E-state index in [4.69, 9.17) is 40.9 Å². The van der Waals surface area contributed by atoms with Crippen molar-refractivity contribution >= 4 is 5.84 Å². The highest BCUT2D eigenvalue weighted by atomic mass is 16.7. The Morgan fingerprint density at radius 2 is 1.82 bits per heavy atom. The summed E-state index contributed by atoms with van der Waals surface area (Å²) in [5, 5.41) is 65.5. The molecule has 14 heteroatoms. The van der Waals surface area contributed by atoms with E-state index in [1.54, 1.807) is 13.8 Å². The van der Waals surface area contributed by atoms with Crippen LogP contribution in [0.1, 0.15) is 40.0 Å². The molecule has 0 amide bonds. The van der Waals surface area contributed by atoms with Crippen LogP contribution in [0.5, 0.6) is 0 Å². The van der Waals surface area contributed by atoms with Gasteiger partial charge in [0, 0.05) is 25.0 Å². The number of aliphatic hydroxyl groups excluding tert-OH is 4. The van der Waals surface area contributed by atoms with Crippen LogP contribution in [0.2, 0.25) is 0 Å². The summed E-state index contributed by atoms with van der Waals surface area (Å²) in [6, 6.07) is -1.87. The second kappa shape index (κ2) is 13.6. The molecule has 1 aliphatic carbocycles. The number of aliphatic hydroxyl groups is 5. The molecule has 2 saturated heterocycles. The Labute approximate surface area is 223 Å². The van der Waals surface area contributed by atoms with E-state index in [1.165, 1.54) is 6.92 Å². The summed E-state index contributed by atoms with van der Waals surface area (Å²) in [6.07, 6.45) is -6.32. The summed E-state index contributed by atoms with van der Waals surface area (Å²) in [5.41, 5.74) is 11.4. The standard InChI is InChI=1S/C24H47N5O9/c1-11-17(32)23(35-10-24(11,3)34)38-20-16(29-21(27)12(2)31)8-15(26)19(18(20)33)37-22-14(25)5-4-13(36-22)9-28-6-7-30/h11-20,22-23,28,30-34H,4-10,25-26H2,1-3H3,(H2,27,29)/t11-,12?,13+,14?,15+,16-,17?,18?,19?,20?,22-,23-,24?/m1/s1. The second-order valence-corrected chi connectivity index (χ2v) is 11.0. The largest absolute Gasteiger partial charge is 0.395 e. The van der Waals surface area contributed by atoms with Gasteiger partial charge >= 0.3 is 0 Å². The number of hydrogen-bond acceptors (Lipinski definition) is 13. The van der Waals surface area contributed by atoms with E-state index in [1.807, 2.05) is 0 Å². The van der Waals surface area contributed by atoms with Crippen molar-refractivity contribution < 1.29 is 44.5 Å². The summed E-state index contributed by atoms with van der Waals surface area (Å²) >= 11 is 0.